The molecule has 1 aliphatic heterocycles. The molecule has 9 nitrogen and oxygen atoms in total. The summed E-state index contributed by atoms with van der Waals surface area (Å²) in [6, 6.07) is 17.5. The maximum Gasteiger partial charge on any atom is 0.314 e. The minimum absolute atomic E-state index is 0.102. The van der Waals surface area contributed by atoms with Crippen LogP contribution in [0.4, 0.5) is 22.1 Å². The SMILES string of the molecule is NC(=O)N1CCN(CCc2ccc(Nc3nccc(-c4ccc(NC(=O)C5CC5)cc4)n3)cc2)CC1. The topological polar surface area (TPSA) is 116 Å². The number of nitrogens with zero attached hydrogens (tertiary/aromatic N) is 4. The van der Waals surface area contributed by atoms with Crippen LogP contribution >= 0.6 is 0 Å². The Morgan fingerprint density at radius 2 is 1.61 bits per heavy atom. The van der Waals surface area contributed by atoms with E-state index < -0.39 is 0 Å². The van der Waals surface area contributed by atoms with Gasteiger partial charge in [-0.25, -0.2) is 14.8 Å². The fraction of sp³-hybridized carbons (Fsp3) is 0.333. The zero-order valence-corrected chi connectivity index (χ0v) is 20.2. The van der Waals surface area contributed by atoms with Gasteiger partial charge in [0.25, 0.3) is 0 Å². The standard InChI is InChI=1S/C27H31N7O2/c28-26(36)34-17-15-33(16-18-34)14-12-19-1-7-23(8-2-19)31-27-29-13-11-24(32-27)20-5-9-22(10-6-20)30-25(35)21-3-4-21/h1-2,5-11,13,21H,3-4,12,14-18H2,(H2,28,36)(H,30,35)(H,29,31,32). The van der Waals surface area contributed by atoms with E-state index in [-0.39, 0.29) is 17.9 Å². The number of nitrogens with one attached hydrogen (secondary N) is 2. The summed E-state index contributed by atoms with van der Waals surface area (Å²) in [7, 11) is 0. The molecule has 2 fully saturated rings. The van der Waals surface area contributed by atoms with Gasteiger partial charge in [0.05, 0.1) is 5.69 Å². The Morgan fingerprint density at radius 1 is 0.917 bits per heavy atom. The van der Waals surface area contributed by atoms with Gasteiger partial charge >= 0.3 is 6.03 Å². The average Bonchev–Trinajstić information content (AvgIpc) is 3.75. The molecule has 0 unspecified atom stereocenters. The fourth-order valence-electron chi connectivity index (χ4n) is 4.26. The second kappa shape index (κ2) is 10.7. The first-order chi connectivity index (χ1) is 17.5. The number of piperazine rings is 1. The van der Waals surface area contributed by atoms with Crippen LogP contribution in [0.5, 0.6) is 0 Å². The lowest BCUT2D eigenvalue weighted by molar-refractivity contribution is -0.117. The molecular weight excluding hydrogens is 454 g/mol. The fourth-order valence-corrected chi connectivity index (χ4v) is 4.26. The third kappa shape index (κ3) is 6.17. The highest BCUT2D eigenvalue weighted by Crippen LogP contribution is 2.30. The van der Waals surface area contributed by atoms with Crippen LogP contribution in [-0.2, 0) is 11.2 Å². The molecular formula is C27H31N7O2. The van der Waals surface area contributed by atoms with Crippen molar-refractivity contribution in [3.63, 3.8) is 0 Å². The smallest absolute Gasteiger partial charge is 0.314 e. The van der Waals surface area contributed by atoms with Crippen molar-refractivity contribution >= 4 is 29.3 Å². The van der Waals surface area contributed by atoms with E-state index >= 15 is 0 Å². The minimum Gasteiger partial charge on any atom is -0.351 e. The lowest BCUT2D eigenvalue weighted by atomic mass is 10.1. The Morgan fingerprint density at radius 3 is 2.28 bits per heavy atom. The first-order valence-electron chi connectivity index (χ1n) is 12.4. The van der Waals surface area contributed by atoms with Crippen LogP contribution in [0.25, 0.3) is 11.3 Å². The number of carbonyl (C=O) groups excluding carboxylic acids is 2. The number of anilines is 3. The van der Waals surface area contributed by atoms with Gasteiger partial charge in [-0.1, -0.05) is 24.3 Å². The Kier molecular flexibility index (Phi) is 7.08. The molecule has 3 aromatic rings. The molecule has 0 atom stereocenters. The summed E-state index contributed by atoms with van der Waals surface area (Å²) in [6.45, 7) is 4.05. The summed E-state index contributed by atoms with van der Waals surface area (Å²) in [5.74, 6) is 0.809. The molecule has 0 spiro atoms. The van der Waals surface area contributed by atoms with Crippen molar-refractivity contribution in [2.75, 3.05) is 43.4 Å². The van der Waals surface area contributed by atoms with Crippen LogP contribution in [0.1, 0.15) is 18.4 Å². The van der Waals surface area contributed by atoms with Crippen LogP contribution in [0.15, 0.2) is 60.8 Å². The predicted molar refractivity (Wildman–Crippen MR) is 140 cm³/mol. The molecule has 2 heterocycles. The minimum atomic E-state index is -0.334. The van der Waals surface area contributed by atoms with Crippen LogP contribution in [0.3, 0.4) is 0 Å². The quantitative estimate of drug-likeness (QED) is 0.450. The maximum absolute atomic E-state index is 12.0. The van der Waals surface area contributed by atoms with Gasteiger partial charge < -0.3 is 21.3 Å². The van der Waals surface area contributed by atoms with Gasteiger partial charge in [-0.3, -0.25) is 9.69 Å². The molecule has 1 aliphatic carbocycles. The highest BCUT2D eigenvalue weighted by molar-refractivity contribution is 5.94. The number of benzene rings is 2. The molecule has 1 saturated heterocycles. The van der Waals surface area contributed by atoms with Crippen molar-refractivity contribution in [3.8, 4) is 11.3 Å². The second-order valence-corrected chi connectivity index (χ2v) is 9.35. The summed E-state index contributed by atoms with van der Waals surface area (Å²) < 4.78 is 0. The number of aromatic nitrogens is 2. The summed E-state index contributed by atoms with van der Waals surface area (Å²) in [5, 5.41) is 6.24. The first kappa shape index (κ1) is 23.7. The number of carbonyl (C=O) groups is 2. The van der Waals surface area contributed by atoms with E-state index in [1.807, 2.05) is 42.5 Å². The summed E-state index contributed by atoms with van der Waals surface area (Å²) in [5.41, 5.74) is 10.1. The molecule has 0 bridgehead atoms. The molecule has 0 radical (unpaired) electrons. The second-order valence-electron chi connectivity index (χ2n) is 9.35. The first-order valence-corrected chi connectivity index (χ1v) is 12.4. The van der Waals surface area contributed by atoms with Crippen molar-refractivity contribution in [1.82, 2.24) is 19.8 Å². The molecule has 3 amide bonds. The van der Waals surface area contributed by atoms with E-state index in [9.17, 15) is 9.59 Å². The van der Waals surface area contributed by atoms with Gasteiger partial charge in [0, 0.05) is 61.8 Å². The summed E-state index contributed by atoms with van der Waals surface area (Å²) in [6.07, 6.45) is 4.65. The molecule has 1 saturated carbocycles. The number of hydrogen-bond acceptors (Lipinski definition) is 6. The van der Waals surface area contributed by atoms with Crippen LogP contribution in [-0.4, -0.2) is 64.4 Å². The molecule has 9 heteroatoms. The Balaban J connectivity index is 1.14. The van der Waals surface area contributed by atoms with Gasteiger partial charge in [-0.15, -0.1) is 0 Å². The molecule has 5 rings (SSSR count). The number of nitrogens with two attached hydrogens (primary N) is 1. The van der Waals surface area contributed by atoms with E-state index in [2.05, 4.69) is 37.6 Å². The van der Waals surface area contributed by atoms with Crippen molar-refractivity contribution in [2.24, 2.45) is 11.7 Å². The average molecular weight is 486 g/mol. The monoisotopic (exact) mass is 485 g/mol. The predicted octanol–water partition coefficient (Wildman–Crippen LogP) is 3.47. The van der Waals surface area contributed by atoms with Crippen molar-refractivity contribution in [2.45, 2.75) is 19.3 Å². The highest BCUT2D eigenvalue weighted by Gasteiger charge is 2.29. The number of primary amides is 1. The van der Waals surface area contributed by atoms with E-state index in [1.165, 1.54) is 5.56 Å². The third-order valence-electron chi connectivity index (χ3n) is 6.66. The Hall–Kier alpha value is -3.98. The van der Waals surface area contributed by atoms with Crippen molar-refractivity contribution < 1.29 is 9.59 Å². The third-order valence-corrected chi connectivity index (χ3v) is 6.66. The number of rotatable bonds is 8. The lowest BCUT2D eigenvalue weighted by Crippen LogP contribution is -2.50. The van der Waals surface area contributed by atoms with Gasteiger partial charge in [-0.2, -0.15) is 0 Å². The van der Waals surface area contributed by atoms with E-state index in [0.29, 0.717) is 19.0 Å². The Labute approximate surface area is 210 Å². The number of urea groups is 1. The molecule has 2 aromatic carbocycles. The summed E-state index contributed by atoms with van der Waals surface area (Å²) >= 11 is 0. The maximum atomic E-state index is 12.0. The van der Waals surface area contributed by atoms with E-state index in [1.54, 1.807) is 11.1 Å². The molecule has 1 aromatic heterocycles. The lowest BCUT2D eigenvalue weighted by Gasteiger charge is -2.33. The van der Waals surface area contributed by atoms with Crippen LogP contribution < -0.4 is 16.4 Å². The van der Waals surface area contributed by atoms with Crippen molar-refractivity contribution in [3.05, 3.63) is 66.4 Å². The van der Waals surface area contributed by atoms with Gasteiger partial charge in [-0.05, 0) is 55.2 Å². The zero-order chi connectivity index (χ0) is 24.9. The van der Waals surface area contributed by atoms with E-state index in [4.69, 9.17) is 5.73 Å². The van der Waals surface area contributed by atoms with Crippen LogP contribution in [0.2, 0.25) is 0 Å². The zero-order valence-electron chi connectivity index (χ0n) is 20.2. The summed E-state index contributed by atoms with van der Waals surface area (Å²) in [4.78, 5) is 36.3. The van der Waals surface area contributed by atoms with Gasteiger partial charge in [0.1, 0.15) is 0 Å². The molecule has 2 aliphatic rings. The van der Waals surface area contributed by atoms with Crippen molar-refractivity contribution in [1.29, 1.82) is 0 Å². The van der Waals surface area contributed by atoms with Gasteiger partial charge in [0.15, 0.2) is 0 Å². The molecule has 36 heavy (non-hydrogen) atoms. The molecule has 186 valence electrons. The number of hydrogen-bond donors (Lipinski definition) is 3. The van der Waals surface area contributed by atoms with Crippen LogP contribution in [0, 0.1) is 5.92 Å². The van der Waals surface area contributed by atoms with E-state index in [0.717, 1.165) is 61.5 Å². The van der Waals surface area contributed by atoms with Gasteiger partial charge in [0.2, 0.25) is 11.9 Å². The highest BCUT2D eigenvalue weighted by atomic mass is 16.2. The normalized spacial score (nSPS) is 15.9. The number of amides is 3. The molecule has 4 N–H and O–H groups in total. The largest absolute Gasteiger partial charge is 0.351 e. The Bertz CT molecular complexity index is 1200.